The van der Waals surface area contributed by atoms with Gasteiger partial charge in [-0.05, 0) is 0 Å². The number of rotatable bonds is 2. The Morgan fingerprint density at radius 1 is 1.67 bits per heavy atom. The van der Waals surface area contributed by atoms with Gasteiger partial charge in [0.1, 0.15) is 6.26 Å². The minimum absolute atomic E-state index is 0.150. The third kappa shape index (κ3) is 3.75. The number of hydrogen-bond donors (Lipinski definition) is 1. The van der Waals surface area contributed by atoms with Gasteiger partial charge in [0.15, 0.2) is 5.89 Å². The first-order chi connectivity index (χ1) is 5.68. The summed E-state index contributed by atoms with van der Waals surface area (Å²) < 4.78 is 4.85. The van der Waals surface area contributed by atoms with Crippen LogP contribution >= 0.6 is 0 Å². The number of carbonyl (C=O) groups is 1. The van der Waals surface area contributed by atoms with Gasteiger partial charge in [-0.25, -0.2) is 4.98 Å². The molecule has 12 heavy (non-hydrogen) atoms. The lowest BCUT2D eigenvalue weighted by atomic mass is 10.3. The number of oxazole rings is 1. The normalized spacial score (nSPS) is 8.58. The largest absolute Gasteiger partial charge is 0.449 e. The maximum atomic E-state index is 10.3. The first-order valence-corrected chi connectivity index (χ1v) is 3.88. The molecule has 0 unspecified atom stereocenters. The van der Waals surface area contributed by atoms with Crippen molar-refractivity contribution in [2.75, 3.05) is 0 Å². The van der Waals surface area contributed by atoms with Crippen LogP contribution in [0.3, 0.4) is 0 Å². The third-order valence-corrected chi connectivity index (χ3v) is 1.02. The summed E-state index contributed by atoms with van der Waals surface area (Å²) in [6, 6.07) is 0. The maximum absolute atomic E-state index is 10.3. The zero-order valence-corrected chi connectivity index (χ0v) is 7.63. The van der Waals surface area contributed by atoms with Gasteiger partial charge in [-0.1, -0.05) is 13.8 Å². The van der Waals surface area contributed by atoms with Crippen LogP contribution in [-0.4, -0.2) is 10.9 Å². The van der Waals surface area contributed by atoms with E-state index in [1.165, 1.54) is 6.26 Å². The second-order valence-electron chi connectivity index (χ2n) is 2.00. The van der Waals surface area contributed by atoms with Crippen LogP contribution in [0.2, 0.25) is 0 Å². The molecule has 1 rings (SSSR count). The van der Waals surface area contributed by atoms with E-state index in [1.807, 2.05) is 13.8 Å². The summed E-state index contributed by atoms with van der Waals surface area (Å²) in [5, 5.41) is 0. The summed E-state index contributed by atoms with van der Waals surface area (Å²) >= 11 is 0. The van der Waals surface area contributed by atoms with Gasteiger partial charge in [-0.15, -0.1) is 0 Å². The molecule has 0 atom stereocenters. The van der Waals surface area contributed by atoms with Gasteiger partial charge in [0, 0.05) is 6.92 Å². The van der Waals surface area contributed by atoms with Crippen molar-refractivity contribution in [3.05, 3.63) is 17.8 Å². The van der Waals surface area contributed by atoms with Gasteiger partial charge in [0.05, 0.1) is 12.1 Å². The first kappa shape index (κ1) is 10.7. The van der Waals surface area contributed by atoms with Crippen LogP contribution in [0.15, 0.2) is 10.7 Å². The van der Waals surface area contributed by atoms with Gasteiger partial charge in [-0.3, -0.25) is 4.79 Å². The molecule has 2 N–H and O–H groups in total. The number of nitrogens with two attached hydrogens (primary N) is 1. The van der Waals surface area contributed by atoms with Crippen molar-refractivity contribution in [2.24, 2.45) is 5.73 Å². The Hall–Kier alpha value is -1.32. The van der Waals surface area contributed by atoms with Crippen molar-refractivity contribution < 1.29 is 9.21 Å². The highest BCUT2D eigenvalue weighted by Gasteiger charge is 2.01. The number of aromatic nitrogens is 1. The SMILES string of the molecule is CC.Cc1nc(CC(N)=O)co1. The van der Waals surface area contributed by atoms with Crippen molar-refractivity contribution in [1.29, 1.82) is 0 Å². The minimum atomic E-state index is -0.395. The molecular weight excluding hydrogens is 156 g/mol. The lowest BCUT2D eigenvalue weighted by molar-refractivity contribution is -0.117. The molecule has 4 nitrogen and oxygen atoms in total. The smallest absolute Gasteiger partial charge is 0.223 e. The van der Waals surface area contributed by atoms with E-state index in [-0.39, 0.29) is 6.42 Å². The molecule has 0 bridgehead atoms. The molecule has 0 saturated carbocycles. The van der Waals surface area contributed by atoms with E-state index < -0.39 is 5.91 Å². The fourth-order valence-electron chi connectivity index (χ4n) is 0.668. The van der Waals surface area contributed by atoms with Gasteiger partial charge in [0.25, 0.3) is 0 Å². The van der Waals surface area contributed by atoms with E-state index in [0.717, 1.165) is 0 Å². The van der Waals surface area contributed by atoms with Gasteiger partial charge in [-0.2, -0.15) is 0 Å². The van der Waals surface area contributed by atoms with Crippen molar-refractivity contribution >= 4 is 5.91 Å². The van der Waals surface area contributed by atoms with Gasteiger partial charge >= 0.3 is 0 Å². The highest BCUT2D eigenvalue weighted by Crippen LogP contribution is 1.99. The number of amides is 1. The lowest BCUT2D eigenvalue weighted by Gasteiger charge is -1.84. The molecule has 1 aromatic rings. The summed E-state index contributed by atoms with van der Waals surface area (Å²) in [4.78, 5) is 14.2. The van der Waals surface area contributed by atoms with Crippen LogP contribution in [0, 0.1) is 6.92 Å². The van der Waals surface area contributed by atoms with Crippen LogP contribution in [0.1, 0.15) is 25.4 Å². The van der Waals surface area contributed by atoms with Crippen LogP contribution in [0.4, 0.5) is 0 Å². The van der Waals surface area contributed by atoms with Crippen molar-refractivity contribution in [1.82, 2.24) is 4.98 Å². The van der Waals surface area contributed by atoms with Gasteiger partial charge in [0.2, 0.25) is 5.91 Å². The van der Waals surface area contributed by atoms with Crippen LogP contribution in [0.5, 0.6) is 0 Å². The summed E-state index contributed by atoms with van der Waals surface area (Å²) in [6.07, 6.45) is 1.58. The molecule has 0 aliphatic carbocycles. The molecule has 0 radical (unpaired) electrons. The molecule has 0 spiro atoms. The Bertz CT molecular complexity index is 243. The predicted octanol–water partition coefficient (Wildman–Crippen LogP) is 1.04. The zero-order chi connectivity index (χ0) is 9.56. The van der Waals surface area contributed by atoms with Crippen LogP contribution < -0.4 is 5.73 Å². The van der Waals surface area contributed by atoms with E-state index in [4.69, 9.17) is 10.2 Å². The molecule has 4 heteroatoms. The molecule has 68 valence electrons. The fourth-order valence-corrected chi connectivity index (χ4v) is 0.668. The second kappa shape index (κ2) is 5.35. The van der Waals surface area contributed by atoms with Crippen LogP contribution in [-0.2, 0) is 11.2 Å². The van der Waals surface area contributed by atoms with E-state index in [9.17, 15) is 4.79 Å². The molecule has 0 saturated heterocycles. The molecule has 1 amide bonds. The first-order valence-electron chi connectivity index (χ1n) is 3.88. The highest BCUT2D eigenvalue weighted by atomic mass is 16.3. The average molecular weight is 170 g/mol. The number of carbonyl (C=O) groups excluding carboxylic acids is 1. The van der Waals surface area contributed by atoms with Gasteiger partial charge < -0.3 is 10.2 Å². The lowest BCUT2D eigenvalue weighted by Crippen LogP contribution is -2.13. The Kier molecular flexibility index (Phi) is 4.76. The number of aryl methyl sites for hydroxylation is 1. The molecule has 0 aromatic carbocycles. The molecule has 0 aliphatic rings. The van der Waals surface area contributed by atoms with Crippen molar-refractivity contribution in [2.45, 2.75) is 27.2 Å². The summed E-state index contributed by atoms with van der Waals surface area (Å²) in [6.45, 7) is 5.71. The number of nitrogens with zero attached hydrogens (tertiary/aromatic N) is 1. The van der Waals surface area contributed by atoms with E-state index in [2.05, 4.69) is 4.98 Å². The van der Waals surface area contributed by atoms with E-state index in [0.29, 0.717) is 11.6 Å². The molecule has 1 aromatic heterocycles. The highest BCUT2D eigenvalue weighted by molar-refractivity contribution is 5.75. The maximum Gasteiger partial charge on any atom is 0.223 e. The molecule has 0 aliphatic heterocycles. The minimum Gasteiger partial charge on any atom is -0.449 e. The monoisotopic (exact) mass is 170 g/mol. The second-order valence-corrected chi connectivity index (χ2v) is 2.00. The third-order valence-electron chi connectivity index (χ3n) is 1.02. The molecular formula is C8H14N2O2. The standard InChI is InChI=1S/C6H8N2O2.C2H6/c1-4-8-5(3-10-4)2-6(7)9;1-2/h3H,2H2,1H3,(H2,7,9);1-2H3. The Morgan fingerprint density at radius 3 is 2.58 bits per heavy atom. The van der Waals surface area contributed by atoms with Crippen molar-refractivity contribution in [3.63, 3.8) is 0 Å². The fraction of sp³-hybridized carbons (Fsp3) is 0.500. The average Bonchev–Trinajstić information content (AvgIpc) is 2.39. The van der Waals surface area contributed by atoms with Crippen LogP contribution in [0.25, 0.3) is 0 Å². The summed E-state index contributed by atoms with van der Waals surface area (Å²) in [5.74, 6) is 0.157. The zero-order valence-electron chi connectivity index (χ0n) is 7.63. The number of primary amides is 1. The van der Waals surface area contributed by atoms with E-state index >= 15 is 0 Å². The molecule has 0 fully saturated rings. The molecule has 1 heterocycles. The summed E-state index contributed by atoms with van der Waals surface area (Å²) in [7, 11) is 0. The topological polar surface area (TPSA) is 69.1 Å². The Labute approximate surface area is 71.8 Å². The van der Waals surface area contributed by atoms with Crippen molar-refractivity contribution in [3.8, 4) is 0 Å². The number of hydrogen-bond acceptors (Lipinski definition) is 3. The predicted molar refractivity (Wildman–Crippen MR) is 45.5 cm³/mol. The Balaban J connectivity index is 0.000000561. The van der Waals surface area contributed by atoms with E-state index in [1.54, 1.807) is 6.92 Å². The quantitative estimate of drug-likeness (QED) is 0.720. The Morgan fingerprint density at radius 2 is 2.25 bits per heavy atom. The summed E-state index contributed by atoms with van der Waals surface area (Å²) in [5.41, 5.74) is 5.50.